The van der Waals surface area contributed by atoms with Crippen LogP contribution in [0.1, 0.15) is 22.5 Å². The van der Waals surface area contributed by atoms with Crippen molar-refractivity contribution in [3.05, 3.63) is 23.7 Å². The number of hydrogen-bond acceptors (Lipinski definition) is 4. The number of amides is 1. The Morgan fingerprint density at radius 1 is 1.42 bits per heavy atom. The fourth-order valence-corrected chi connectivity index (χ4v) is 3.00. The fraction of sp³-hybridized carbons (Fsp3) is 0.643. The van der Waals surface area contributed by atoms with E-state index in [1.807, 2.05) is 11.8 Å². The Kier molecular flexibility index (Phi) is 3.33. The van der Waals surface area contributed by atoms with Crippen LogP contribution in [-0.4, -0.2) is 61.1 Å². The van der Waals surface area contributed by atoms with Crippen LogP contribution in [-0.2, 0) is 4.74 Å². The molecule has 1 aromatic rings. The van der Waals surface area contributed by atoms with Crippen molar-refractivity contribution in [2.24, 2.45) is 0 Å². The molecule has 0 aliphatic carbocycles. The summed E-state index contributed by atoms with van der Waals surface area (Å²) in [4.78, 5) is 16.7. The van der Waals surface area contributed by atoms with Gasteiger partial charge in [-0.3, -0.25) is 9.69 Å². The largest absolute Gasteiger partial charge is 0.469 e. The first-order valence-corrected chi connectivity index (χ1v) is 6.82. The standard InChI is InChI=1S/C14H20N2O3/c1-10-11(4-7-18-10)14(17)16-5-3-13-12(9-16)15(2)6-8-19-13/h4,7,12-13H,3,5-6,8-9H2,1-2H3/t12-,13-/m0/s1. The molecule has 1 aromatic heterocycles. The van der Waals surface area contributed by atoms with Crippen LogP contribution in [0.4, 0.5) is 0 Å². The SMILES string of the molecule is Cc1occc1C(=O)N1CC[C@@H]2OCCN(C)[C@H]2C1. The molecule has 0 saturated carbocycles. The Hall–Kier alpha value is -1.33. The molecule has 5 heteroatoms. The van der Waals surface area contributed by atoms with Crippen molar-refractivity contribution in [3.63, 3.8) is 0 Å². The van der Waals surface area contributed by atoms with Crippen LogP contribution in [0, 0.1) is 6.92 Å². The maximum Gasteiger partial charge on any atom is 0.257 e. The normalized spacial score (nSPS) is 28.2. The maximum atomic E-state index is 12.5. The zero-order valence-electron chi connectivity index (χ0n) is 11.5. The Bertz CT molecular complexity index is 471. The number of ether oxygens (including phenoxy) is 1. The highest BCUT2D eigenvalue weighted by Crippen LogP contribution is 2.23. The lowest BCUT2D eigenvalue weighted by molar-refractivity contribution is -0.0893. The lowest BCUT2D eigenvalue weighted by Gasteiger charge is -2.45. The Morgan fingerprint density at radius 2 is 2.26 bits per heavy atom. The van der Waals surface area contributed by atoms with Crippen molar-refractivity contribution >= 4 is 5.91 Å². The van der Waals surface area contributed by atoms with Gasteiger partial charge in [-0.2, -0.15) is 0 Å². The Morgan fingerprint density at radius 3 is 3.00 bits per heavy atom. The van der Waals surface area contributed by atoms with Gasteiger partial charge >= 0.3 is 0 Å². The molecule has 104 valence electrons. The molecule has 0 aromatic carbocycles. The number of fused-ring (bicyclic) bond motifs is 1. The molecular formula is C14H20N2O3. The highest BCUT2D eigenvalue weighted by Gasteiger charge is 2.37. The topological polar surface area (TPSA) is 45.9 Å². The molecule has 0 N–H and O–H groups in total. The van der Waals surface area contributed by atoms with Gasteiger partial charge in [0.25, 0.3) is 5.91 Å². The average molecular weight is 264 g/mol. The maximum absolute atomic E-state index is 12.5. The summed E-state index contributed by atoms with van der Waals surface area (Å²) in [7, 11) is 2.11. The lowest BCUT2D eigenvalue weighted by atomic mass is 9.98. The van der Waals surface area contributed by atoms with Crippen LogP contribution in [0.25, 0.3) is 0 Å². The van der Waals surface area contributed by atoms with Crippen molar-refractivity contribution in [2.75, 3.05) is 33.3 Å². The molecule has 3 heterocycles. The molecule has 0 unspecified atom stereocenters. The van der Waals surface area contributed by atoms with Gasteiger partial charge in [0.2, 0.25) is 0 Å². The first-order chi connectivity index (χ1) is 9.16. The molecule has 1 amide bonds. The van der Waals surface area contributed by atoms with Gasteiger partial charge in [0, 0.05) is 19.6 Å². The van der Waals surface area contributed by atoms with Gasteiger partial charge in [-0.25, -0.2) is 0 Å². The fourth-order valence-electron chi connectivity index (χ4n) is 3.00. The minimum atomic E-state index is 0.0728. The molecule has 2 aliphatic heterocycles. The van der Waals surface area contributed by atoms with Crippen LogP contribution in [0.15, 0.2) is 16.7 Å². The Labute approximate surface area is 113 Å². The third-order valence-electron chi connectivity index (χ3n) is 4.24. The zero-order chi connectivity index (χ0) is 13.4. The zero-order valence-corrected chi connectivity index (χ0v) is 11.5. The third kappa shape index (κ3) is 2.28. The first-order valence-electron chi connectivity index (χ1n) is 6.82. The monoisotopic (exact) mass is 264 g/mol. The first kappa shape index (κ1) is 12.7. The minimum Gasteiger partial charge on any atom is -0.469 e. The highest BCUT2D eigenvalue weighted by atomic mass is 16.5. The van der Waals surface area contributed by atoms with E-state index in [-0.39, 0.29) is 12.0 Å². The van der Waals surface area contributed by atoms with Crippen LogP contribution >= 0.6 is 0 Å². The van der Waals surface area contributed by atoms with E-state index < -0.39 is 0 Å². The highest BCUT2D eigenvalue weighted by molar-refractivity contribution is 5.95. The number of aryl methyl sites for hydroxylation is 1. The molecule has 2 fully saturated rings. The lowest BCUT2D eigenvalue weighted by Crippen LogP contribution is -2.59. The van der Waals surface area contributed by atoms with E-state index in [4.69, 9.17) is 9.15 Å². The summed E-state index contributed by atoms with van der Waals surface area (Å²) in [6.07, 6.45) is 2.76. The van der Waals surface area contributed by atoms with E-state index in [0.717, 1.165) is 32.7 Å². The van der Waals surface area contributed by atoms with Gasteiger partial charge in [-0.1, -0.05) is 0 Å². The number of rotatable bonds is 1. The summed E-state index contributed by atoms with van der Waals surface area (Å²) in [6, 6.07) is 2.07. The molecule has 5 nitrogen and oxygen atoms in total. The molecule has 0 radical (unpaired) electrons. The summed E-state index contributed by atoms with van der Waals surface area (Å²) < 4.78 is 11.0. The van der Waals surface area contributed by atoms with Crippen molar-refractivity contribution in [1.29, 1.82) is 0 Å². The number of furan rings is 1. The third-order valence-corrected chi connectivity index (χ3v) is 4.24. The van der Waals surface area contributed by atoms with Crippen molar-refractivity contribution < 1.29 is 13.9 Å². The van der Waals surface area contributed by atoms with Gasteiger partial charge in [0.15, 0.2) is 0 Å². The Balaban J connectivity index is 1.73. The van der Waals surface area contributed by atoms with Crippen molar-refractivity contribution in [3.8, 4) is 0 Å². The van der Waals surface area contributed by atoms with Gasteiger partial charge in [-0.05, 0) is 26.5 Å². The van der Waals surface area contributed by atoms with E-state index >= 15 is 0 Å². The number of carbonyl (C=O) groups is 1. The van der Waals surface area contributed by atoms with Crippen LogP contribution in [0.2, 0.25) is 0 Å². The van der Waals surface area contributed by atoms with Gasteiger partial charge in [-0.15, -0.1) is 0 Å². The number of nitrogens with zero attached hydrogens (tertiary/aromatic N) is 2. The van der Waals surface area contributed by atoms with E-state index in [1.165, 1.54) is 0 Å². The second-order valence-electron chi connectivity index (χ2n) is 5.39. The van der Waals surface area contributed by atoms with Crippen LogP contribution < -0.4 is 0 Å². The summed E-state index contributed by atoms with van der Waals surface area (Å²) in [5.41, 5.74) is 0.679. The number of hydrogen-bond donors (Lipinski definition) is 0. The quantitative estimate of drug-likeness (QED) is 0.763. The molecule has 2 aliphatic rings. The van der Waals surface area contributed by atoms with Crippen molar-refractivity contribution in [1.82, 2.24) is 9.80 Å². The molecular weight excluding hydrogens is 244 g/mol. The second kappa shape index (κ2) is 4.98. The molecule has 2 atom stereocenters. The van der Waals surface area contributed by atoms with E-state index in [0.29, 0.717) is 17.4 Å². The number of piperidine rings is 1. The van der Waals surface area contributed by atoms with E-state index in [1.54, 1.807) is 12.3 Å². The van der Waals surface area contributed by atoms with E-state index in [9.17, 15) is 4.79 Å². The van der Waals surface area contributed by atoms with Crippen LogP contribution in [0.3, 0.4) is 0 Å². The molecule has 0 bridgehead atoms. The summed E-state index contributed by atoms with van der Waals surface area (Å²) in [5, 5.41) is 0. The number of likely N-dealkylation sites (tertiary alicyclic amines) is 1. The van der Waals surface area contributed by atoms with Gasteiger partial charge < -0.3 is 14.1 Å². The average Bonchev–Trinajstić information content (AvgIpc) is 2.84. The summed E-state index contributed by atoms with van der Waals surface area (Å²) >= 11 is 0. The summed E-state index contributed by atoms with van der Waals surface area (Å²) in [5.74, 6) is 0.768. The summed E-state index contributed by atoms with van der Waals surface area (Å²) in [6.45, 7) is 5.07. The van der Waals surface area contributed by atoms with Gasteiger partial charge in [0.1, 0.15) is 5.76 Å². The molecule has 3 rings (SSSR count). The predicted molar refractivity (Wildman–Crippen MR) is 70.1 cm³/mol. The number of morpholine rings is 1. The molecule has 2 saturated heterocycles. The smallest absolute Gasteiger partial charge is 0.257 e. The second-order valence-corrected chi connectivity index (χ2v) is 5.39. The minimum absolute atomic E-state index is 0.0728. The van der Waals surface area contributed by atoms with E-state index in [2.05, 4.69) is 11.9 Å². The number of carbonyl (C=O) groups excluding carboxylic acids is 1. The van der Waals surface area contributed by atoms with Crippen LogP contribution in [0.5, 0.6) is 0 Å². The molecule has 19 heavy (non-hydrogen) atoms. The molecule has 0 spiro atoms. The van der Waals surface area contributed by atoms with Crippen molar-refractivity contribution in [2.45, 2.75) is 25.5 Å². The number of likely N-dealkylation sites (N-methyl/N-ethyl adjacent to an activating group) is 1. The predicted octanol–water partition coefficient (Wildman–Crippen LogP) is 1.13. The van der Waals surface area contributed by atoms with Gasteiger partial charge in [0.05, 0.1) is 30.6 Å².